The van der Waals surface area contributed by atoms with E-state index < -0.39 is 5.91 Å². The van der Waals surface area contributed by atoms with E-state index in [1.54, 1.807) is 0 Å². The van der Waals surface area contributed by atoms with Crippen molar-refractivity contribution in [1.29, 1.82) is 0 Å². The van der Waals surface area contributed by atoms with Gasteiger partial charge >= 0.3 is 0 Å². The van der Waals surface area contributed by atoms with E-state index in [9.17, 15) is 9.59 Å². The van der Waals surface area contributed by atoms with Crippen molar-refractivity contribution in [3.05, 3.63) is 11.8 Å². The lowest BCUT2D eigenvalue weighted by Gasteiger charge is -2.11. The summed E-state index contributed by atoms with van der Waals surface area (Å²) in [7, 11) is 0. The minimum atomic E-state index is -0.487. The first kappa shape index (κ1) is 6.80. The van der Waals surface area contributed by atoms with E-state index >= 15 is 0 Å². The van der Waals surface area contributed by atoms with Crippen LogP contribution in [0, 0.1) is 0 Å². The summed E-state index contributed by atoms with van der Waals surface area (Å²) < 4.78 is 0. The number of carbonyl (C=O) groups excluding carboxylic acids is 2. The average Bonchev–Trinajstić information content (AvgIpc) is 1.88. The lowest BCUT2D eigenvalue weighted by molar-refractivity contribution is -0.124. The second-order valence-electron chi connectivity index (χ2n) is 1.97. The van der Waals surface area contributed by atoms with E-state index in [1.807, 2.05) is 0 Å². The van der Waals surface area contributed by atoms with Crippen molar-refractivity contribution in [3.63, 3.8) is 0 Å². The highest BCUT2D eigenvalue weighted by Crippen LogP contribution is 2.03. The minimum absolute atomic E-state index is 0.147. The van der Waals surface area contributed by atoms with Gasteiger partial charge in [0.15, 0.2) is 5.78 Å². The van der Waals surface area contributed by atoms with Gasteiger partial charge in [-0.2, -0.15) is 0 Å². The molecule has 1 heterocycles. The number of piperidine rings is 1. The largest absolute Gasteiger partial charge is 0.515 e. The molecule has 10 heavy (non-hydrogen) atoms. The first-order valence-electron chi connectivity index (χ1n) is 2.91. The summed E-state index contributed by atoms with van der Waals surface area (Å²) in [6, 6.07) is 0. The third-order valence-electron chi connectivity index (χ3n) is 1.31. The lowest BCUT2D eigenvalue weighted by Crippen LogP contribution is -2.36. The van der Waals surface area contributed by atoms with Crippen LogP contribution < -0.4 is 5.32 Å². The molecule has 0 saturated carbocycles. The molecular weight excluding hydrogens is 134 g/mol. The molecule has 0 aliphatic carbocycles. The Kier molecular flexibility index (Phi) is 1.71. The number of rotatable bonds is 0. The molecule has 1 fully saturated rings. The number of Topliss-reactive ketones (excluding diaryl/α,β-unsaturated/α-hetero) is 1. The van der Waals surface area contributed by atoms with Crippen LogP contribution in [-0.2, 0) is 9.59 Å². The van der Waals surface area contributed by atoms with Gasteiger partial charge in [-0.05, 0) is 0 Å². The predicted octanol–water partition coefficient (Wildman–Crippen LogP) is -0.483. The fraction of sp³-hybridized carbons (Fsp3) is 0.333. The van der Waals surface area contributed by atoms with Crippen LogP contribution >= 0.6 is 0 Å². The summed E-state index contributed by atoms with van der Waals surface area (Å²) in [6.07, 6.45) is 0.828. The zero-order valence-corrected chi connectivity index (χ0v) is 5.26. The first-order valence-corrected chi connectivity index (χ1v) is 2.91. The van der Waals surface area contributed by atoms with E-state index in [0.29, 0.717) is 12.8 Å². The Morgan fingerprint density at radius 3 is 2.60 bits per heavy atom. The van der Waals surface area contributed by atoms with Crippen LogP contribution in [0.4, 0.5) is 0 Å². The summed E-state index contributed by atoms with van der Waals surface area (Å²) in [5.74, 6) is -0.787. The molecule has 1 aliphatic rings. The number of nitrogens with one attached hydrogen (secondary N) is 1. The third kappa shape index (κ3) is 1.00. The molecule has 0 unspecified atom stereocenters. The summed E-state index contributed by atoms with van der Waals surface area (Å²) in [4.78, 5) is 21.4. The number of aliphatic hydroxyl groups is 1. The van der Waals surface area contributed by atoms with Crippen LogP contribution in [0.5, 0.6) is 0 Å². The van der Waals surface area contributed by atoms with Gasteiger partial charge in [0.1, 0.15) is 5.57 Å². The molecular formula is C6H7NO3. The average molecular weight is 141 g/mol. The van der Waals surface area contributed by atoms with Gasteiger partial charge in [-0.15, -0.1) is 0 Å². The van der Waals surface area contributed by atoms with Crippen LogP contribution in [-0.4, -0.2) is 23.3 Å². The molecule has 0 aromatic heterocycles. The molecule has 4 nitrogen and oxygen atoms in total. The smallest absolute Gasteiger partial charge is 0.258 e. The summed E-state index contributed by atoms with van der Waals surface area (Å²) in [5.41, 5.74) is -0.147. The molecule has 2 N–H and O–H groups in total. The van der Waals surface area contributed by atoms with E-state index in [-0.39, 0.29) is 17.8 Å². The Morgan fingerprint density at radius 2 is 2.20 bits per heavy atom. The molecule has 1 amide bonds. The Bertz CT molecular complexity index is 189. The standard InChI is InChI=1S/C6H7NO3/c8-3-4-5(9)1-2-7-6(4)10/h3,8H,1-2H2,(H,7,10)/b4-3+. The van der Waals surface area contributed by atoms with Crippen molar-refractivity contribution in [2.45, 2.75) is 6.42 Å². The SMILES string of the molecule is O=C1CCNC(=O)/C1=C/O. The molecule has 0 atom stereocenters. The highest BCUT2D eigenvalue weighted by atomic mass is 16.2. The Labute approximate surface area is 57.5 Å². The molecule has 54 valence electrons. The van der Waals surface area contributed by atoms with Gasteiger partial charge < -0.3 is 10.4 Å². The predicted molar refractivity (Wildman–Crippen MR) is 33.3 cm³/mol. The van der Waals surface area contributed by atoms with Gasteiger partial charge in [-0.3, -0.25) is 9.59 Å². The summed E-state index contributed by atoms with van der Waals surface area (Å²) >= 11 is 0. The number of aliphatic hydroxyl groups excluding tert-OH is 1. The fourth-order valence-electron chi connectivity index (χ4n) is 0.777. The molecule has 4 heteroatoms. The molecule has 0 aromatic carbocycles. The van der Waals surface area contributed by atoms with Crippen LogP contribution in [0.3, 0.4) is 0 Å². The number of hydrogen-bond donors (Lipinski definition) is 2. The Morgan fingerprint density at radius 1 is 1.50 bits per heavy atom. The maximum Gasteiger partial charge on any atom is 0.258 e. The topological polar surface area (TPSA) is 66.4 Å². The maximum absolute atomic E-state index is 10.7. The fourth-order valence-corrected chi connectivity index (χ4v) is 0.777. The molecule has 0 spiro atoms. The maximum atomic E-state index is 10.7. The number of carbonyl (C=O) groups is 2. The van der Waals surface area contributed by atoms with E-state index in [0.717, 1.165) is 0 Å². The highest BCUT2D eigenvalue weighted by Gasteiger charge is 2.22. The number of amides is 1. The molecule has 1 aliphatic heterocycles. The van der Waals surface area contributed by atoms with Crippen LogP contribution in [0.15, 0.2) is 11.8 Å². The van der Waals surface area contributed by atoms with Gasteiger partial charge in [-0.1, -0.05) is 0 Å². The lowest BCUT2D eigenvalue weighted by atomic mass is 10.1. The normalized spacial score (nSPS) is 23.0. The van der Waals surface area contributed by atoms with E-state index in [1.165, 1.54) is 0 Å². The first-order chi connectivity index (χ1) is 4.75. The van der Waals surface area contributed by atoms with Crippen LogP contribution in [0.1, 0.15) is 6.42 Å². The number of hydrogen-bond acceptors (Lipinski definition) is 3. The highest BCUT2D eigenvalue weighted by molar-refractivity contribution is 6.20. The van der Waals surface area contributed by atoms with Gasteiger partial charge in [0.05, 0.1) is 6.26 Å². The third-order valence-corrected chi connectivity index (χ3v) is 1.31. The monoisotopic (exact) mass is 141 g/mol. The van der Waals surface area contributed by atoms with Crippen molar-refractivity contribution < 1.29 is 14.7 Å². The second-order valence-corrected chi connectivity index (χ2v) is 1.97. The molecule has 0 radical (unpaired) electrons. The Hall–Kier alpha value is -1.32. The van der Waals surface area contributed by atoms with Crippen molar-refractivity contribution in [2.75, 3.05) is 6.54 Å². The molecule has 1 saturated heterocycles. The van der Waals surface area contributed by atoms with Crippen molar-refractivity contribution in [1.82, 2.24) is 5.32 Å². The zero-order valence-electron chi connectivity index (χ0n) is 5.26. The zero-order chi connectivity index (χ0) is 7.56. The quantitative estimate of drug-likeness (QED) is 0.272. The Balaban J connectivity index is 2.83. The minimum Gasteiger partial charge on any atom is -0.515 e. The van der Waals surface area contributed by atoms with E-state index in [2.05, 4.69) is 5.32 Å². The van der Waals surface area contributed by atoms with Crippen molar-refractivity contribution in [3.8, 4) is 0 Å². The summed E-state index contributed by atoms with van der Waals surface area (Å²) in [5, 5.41) is 10.8. The second kappa shape index (κ2) is 2.51. The van der Waals surface area contributed by atoms with Gasteiger partial charge in [-0.25, -0.2) is 0 Å². The van der Waals surface area contributed by atoms with Gasteiger partial charge in [0.25, 0.3) is 5.91 Å². The number of ketones is 1. The van der Waals surface area contributed by atoms with E-state index in [4.69, 9.17) is 5.11 Å². The van der Waals surface area contributed by atoms with Gasteiger partial charge in [0, 0.05) is 13.0 Å². The van der Waals surface area contributed by atoms with Crippen molar-refractivity contribution in [2.24, 2.45) is 0 Å². The molecule has 0 bridgehead atoms. The molecule has 0 aromatic rings. The summed E-state index contributed by atoms with van der Waals surface area (Å²) in [6.45, 7) is 0.370. The molecule has 1 rings (SSSR count). The van der Waals surface area contributed by atoms with Gasteiger partial charge in [0.2, 0.25) is 0 Å². The van der Waals surface area contributed by atoms with Crippen LogP contribution in [0.25, 0.3) is 0 Å². The van der Waals surface area contributed by atoms with Crippen LogP contribution in [0.2, 0.25) is 0 Å². The van der Waals surface area contributed by atoms with Crippen molar-refractivity contribution >= 4 is 11.7 Å².